The molecule has 0 saturated carbocycles. The van der Waals surface area contributed by atoms with Crippen LogP contribution in [0.25, 0.3) is 11.6 Å². The maximum atomic E-state index is 12.5. The molecule has 2 N–H and O–H groups in total. The van der Waals surface area contributed by atoms with Gasteiger partial charge in [0, 0.05) is 27.9 Å². The standard InChI is InChI=1S/C24H26N2O4/c1-14-7-9-21(30-13-20(27)23(29)26-24(3,4)5)16(10-14)12-18-17-8-6-15(2)11-19(17)25-22(18)28/h6-12H,13H2,1-5H3,(H,25,28)(H,26,29)/b18-12+. The highest BCUT2D eigenvalue weighted by Gasteiger charge is 2.25. The SMILES string of the molecule is Cc1ccc(OCC(=O)C(=O)NC(C)(C)C)c(/C=C2/C(=O)Nc3cc(C)ccc32)c1. The molecular formula is C24H26N2O4. The zero-order valence-electron chi connectivity index (χ0n) is 17.9. The van der Waals surface area contributed by atoms with Crippen LogP contribution in [0.1, 0.15) is 43.0 Å². The average molecular weight is 406 g/mol. The lowest BCUT2D eigenvalue weighted by Gasteiger charge is -2.19. The molecule has 1 aliphatic rings. The molecule has 1 aliphatic heterocycles. The number of hydrogen-bond donors (Lipinski definition) is 2. The number of fused-ring (bicyclic) bond motifs is 1. The number of rotatable bonds is 5. The van der Waals surface area contributed by atoms with E-state index in [1.54, 1.807) is 32.9 Å². The Kier molecular flexibility index (Phi) is 5.78. The van der Waals surface area contributed by atoms with Gasteiger partial charge < -0.3 is 15.4 Å². The van der Waals surface area contributed by atoms with E-state index < -0.39 is 17.2 Å². The molecule has 6 heteroatoms. The summed E-state index contributed by atoms with van der Waals surface area (Å²) in [5.74, 6) is -1.11. The minimum Gasteiger partial charge on any atom is -0.485 e. The molecular weight excluding hydrogens is 380 g/mol. The normalized spacial score (nSPS) is 14.3. The van der Waals surface area contributed by atoms with Crippen LogP contribution in [0.2, 0.25) is 0 Å². The zero-order chi connectivity index (χ0) is 22.1. The van der Waals surface area contributed by atoms with E-state index in [4.69, 9.17) is 4.74 Å². The van der Waals surface area contributed by atoms with Crippen LogP contribution in [0.4, 0.5) is 5.69 Å². The summed E-state index contributed by atoms with van der Waals surface area (Å²) in [6, 6.07) is 11.2. The maximum absolute atomic E-state index is 12.5. The van der Waals surface area contributed by atoms with Gasteiger partial charge in [0.25, 0.3) is 17.6 Å². The topological polar surface area (TPSA) is 84.5 Å². The second-order valence-corrected chi connectivity index (χ2v) is 8.52. The summed E-state index contributed by atoms with van der Waals surface area (Å²) in [6.45, 7) is 8.91. The summed E-state index contributed by atoms with van der Waals surface area (Å²) in [6.07, 6.45) is 1.75. The molecule has 2 aromatic carbocycles. The van der Waals surface area contributed by atoms with Crippen molar-refractivity contribution in [1.29, 1.82) is 0 Å². The summed E-state index contributed by atoms with van der Waals surface area (Å²) < 4.78 is 5.66. The molecule has 0 spiro atoms. The van der Waals surface area contributed by atoms with E-state index in [1.807, 2.05) is 44.2 Å². The molecule has 0 bridgehead atoms. The second-order valence-electron chi connectivity index (χ2n) is 8.52. The molecule has 2 aromatic rings. The Morgan fingerprint density at radius 3 is 2.43 bits per heavy atom. The summed E-state index contributed by atoms with van der Waals surface area (Å²) >= 11 is 0. The van der Waals surface area contributed by atoms with Crippen LogP contribution in [-0.4, -0.2) is 29.7 Å². The third kappa shape index (κ3) is 4.95. The van der Waals surface area contributed by atoms with Crippen molar-refractivity contribution >= 4 is 34.9 Å². The van der Waals surface area contributed by atoms with Crippen molar-refractivity contribution in [2.24, 2.45) is 0 Å². The van der Waals surface area contributed by atoms with E-state index in [1.165, 1.54) is 0 Å². The van der Waals surface area contributed by atoms with Gasteiger partial charge in [-0.25, -0.2) is 0 Å². The zero-order valence-corrected chi connectivity index (χ0v) is 17.9. The first-order chi connectivity index (χ1) is 14.0. The minimum absolute atomic E-state index is 0.191. The van der Waals surface area contributed by atoms with E-state index in [0.717, 1.165) is 22.4 Å². The number of aryl methyl sites for hydroxylation is 2. The number of carbonyl (C=O) groups excluding carboxylic acids is 3. The molecule has 0 unspecified atom stereocenters. The summed E-state index contributed by atoms with van der Waals surface area (Å²) in [5.41, 5.74) is 4.31. The molecule has 0 aliphatic carbocycles. The van der Waals surface area contributed by atoms with Crippen molar-refractivity contribution in [3.63, 3.8) is 0 Å². The van der Waals surface area contributed by atoms with Crippen molar-refractivity contribution < 1.29 is 19.1 Å². The number of ketones is 1. The largest absolute Gasteiger partial charge is 0.485 e. The van der Waals surface area contributed by atoms with Gasteiger partial charge in [-0.15, -0.1) is 0 Å². The fraction of sp³-hybridized carbons (Fsp3) is 0.292. The number of carbonyl (C=O) groups is 3. The van der Waals surface area contributed by atoms with Crippen LogP contribution in [0, 0.1) is 13.8 Å². The number of benzene rings is 2. The Hall–Kier alpha value is -3.41. The highest BCUT2D eigenvalue weighted by molar-refractivity contribution is 6.37. The van der Waals surface area contributed by atoms with E-state index >= 15 is 0 Å². The van der Waals surface area contributed by atoms with Gasteiger partial charge in [0.2, 0.25) is 0 Å². The smallest absolute Gasteiger partial charge is 0.291 e. The lowest BCUT2D eigenvalue weighted by Crippen LogP contribution is -2.45. The Balaban J connectivity index is 1.85. The van der Waals surface area contributed by atoms with Crippen LogP contribution >= 0.6 is 0 Å². The van der Waals surface area contributed by atoms with Crippen LogP contribution in [0.3, 0.4) is 0 Å². The Bertz CT molecular complexity index is 1060. The van der Waals surface area contributed by atoms with Gasteiger partial charge in [0.15, 0.2) is 6.61 Å². The first-order valence-corrected chi connectivity index (χ1v) is 9.76. The van der Waals surface area contributed by atoms with Crippen molar-refractivity contribution in [2.45, 2.75) is 40.2 Å². The number of amides is 2. The lowest BCUT2D eigenvalue weighted by molar-refractivity contribution is -0.139. The van der Waals surface area contributed by atoms with Gasteiger partial charge in [-0.2, -0.15) is 0 Å². The molecule has 0 fully saturated rings. The van der Waals surface area contributed by atoms with Crippen molar-refractivity contribution in [1.82, 2.24) is 5.32 Å². The second kappa shape index (κ2) is 8.14. The number of ether oxygens (including phenoxy) is 1. The van der Waals surface area contributed by atoms with Crippen molar-refractivity contribution in [2.75, 3.05) is 11.9 Å². The lowest BCUT2D eigenvalue weighted by atomic mass is 10.0. The first kappa shape index (κ1) is 21.3. The van der Waals surface area contributed by atoms with Gasteiger partial charge in [0.1, 0.15) is 5.75 Å². The van der Waals surface area contributed by atoms with Crippen molar-refractivity contribution in [3.05, 3.63) is 58.7 Å². The van der Waals surface area contributed by atoms with Crippen LogP contribution in [0.15, 0.2) is 36.4 Å². The summed E-state index contributed by atoms with van der Waals surface area (Å²) in [5, 5.41) is 5.50. The molecule has 156 valence electrons. The van der Waals surface area contributed by atoms with Crippen molar-refractivity contribution in [3.8, 4) is 5.75 Å². The monoisotopic (exact) mass is 406 g/mol. The molecule has 0 saturated heterocycles. The third-order valence-corrected chi connectivity index (χ3v) is 4.52. The summed E-state index contributed by atoms with van der Waals surface area (Å²) in [4.78, 5) is 36.7. The highest BCUT2D eigenvalue weighted by Crippen LogP contribution is 2.35. The number of nitrogens with one attached hydrogen (secondary N) is 2. The fourth-order valence-corrected chi connectivity index (χ4v) is 3.14. The first-order valence-electron chi connectivity index (χ1n) is 9.76. The molecule has 0 atom stereocenters. The van der Waals surface area contributed by atoms with E-state index in [-0.39, 0.29) is 12.5 Å². The molecule has 0 radical (unpaired) electrons. The highest BCUT2D eigenvalue weighted by atomic mass is 16.5. The molecule has 6 nitrogen and oxygen atoms in total. The predicted molar refractivity (Wildman–Crippen MR) is 117 cm³/mol. The van der Waals surface area contributed by atoms with Crippen LogP contribution in [0.5, 0.6) is 5.75 Å². The van der Waals surface area contributed by atoms with Gasteiger partial charge in [-0.05, 0) is 64.5 Å². The van der Waals surface area contributed by atoms with Gasteiger partial charge in [-0.3, -0.25) is 14.4 Å². The Morgan fingerprint density at radius 2 is 1.73 bits per heavy atom. The molecule has 30 heavy (non-hydrogen) atoms. The quantitative estimate of drug-likeness (QED) is 0.586. The number of anilines is 1. The Morgan fingerprint density at radius 1 is 1.07 bits per heavy atom. The van der Waals surface area contributed by atoms with Gasteiger partial charge in [-0.1, -0.05) is 23.8 Å². The Labute approximate surface area is 176 Å². The number of hydrogen-bond acceptors (Lipinski definition) is 4. The van der Waals surface area contributed by atoms with E-state index in [2.05, 4.69) is 10.6 Å². The molecule has 1 heterocycles. The molecule has 0 aromatic heterocycles. The number of Topliss-reactive ketones (excluding diaryl/α,β-unsaturated/α-hetero) is 1. The third-order valence-electron chi connectivity index (χ3n) is 4.52. The summed E-state index contributed by atoms with van der Waals surface area (Å²) in [7, 11) is 0. The molecule has 2 amide bonds. The van der Waals surface area contributed by atoms with Crippen LogP contribution < -0.4 is 15.4 Å². The molecule has 3 rings (SSSR count). The average Bonchev–Trinajstić information content (AvgIpc) is 2.93. The van der Waals surface area contributed by atoms with Gasteiger partial charge >= 0.3 is 0 Å². The van der Waals surface area contributed by atoms with Crippen LogP contribution in [-0.2, 0) is 14.4 Å². The van der Waals surface area contributed by atoms with E-state index in [9.17, 15) is 14.4 Å². The minimum atomic E-state index is -0.686. The predicted octanol–water partition coefficient (Wildman–Crippen LogP) is 3.66. The fourth-order valence-electron chi connectivity index (χ4n) is 3.14. The van der Waals surface area contributed by atoms with Gasteiger partial charge in [0.05, 0.1) is 0 Å². The maximum Gasteiger partial charge on any atom is 0.291 e. The van der Waals surface area contributed by atoms with E-state index in [0.29, 0.717) is 16.9 Å².